The molecule has 1 aliphatic rings. The third kappa shape index (κ3) is 6.27. The van der Waals surface area contributed by atoms with E-state index >= 15 is 0 Å². The van der Waals surface area contributed by atoms with E-state index in [9.17, 15) is 14.9 Å². The molecular formula is C25H27N5O4S. The Labute approximate surface area is 207 Å². The molecular weight excluding hydrogens is 466 g/mol. The Morgan fingerprint density at radius 3 is 2.63 bits per heavy atom. The van der Waals surface area contributed by atoms with E-state index < -0.39 is 16.9 Å². The molecule has 1 amide bonds. The summed E-state index contributed by atoms with van der Waals surface area (Å²) < 4.78 is 5.40. The maximum absolute atomic E-state index is 13.6. The van der Waals surface area contributed by atoms with Crippen LogP contribution in [0.3, 0.4) is 0 Å². The molecule has 1 aliphatic carbocycles. The predicted octanol–water partition coefficient (Wildman–Crippen LogP) is 5.16. The molecule has 10 heteroatoms. The van der Waals surface area contributed by atoms with Gasteiger partial charge in [-0.15, -0.1) is 11.3 Å². The highest BCUT2D eigenvalue weighted by Gasteiger charge is 2.30. The monoisotopic (exact) mass is 493 g/mol. The van der Waals surface area contributed by atoms with Crippen molar-refractivity contribution in [2.45, 2.75) is 57.9 Å². The lowest BCUT2D eigenvalue weighted by Crippen LogP contribution is -2.34. The minimum absolute atomic E-state index is 0.0255. The second-order valence-corrected chi connectivity index (χ2v) is 9.30. The SMILES string of the molecule is CCc1csc([C@H](Cc2ccc([N+](=O)[O-])cc2)NC(=O)C(CC2=CCCC=C2)c2nc(C)no2)n1. The van der Waals surface area contributed by atoms with Gasteiger partial charge < -0.3 is 9.84 Å². The first-order chi connectivity index (χ1) is 16.9. The van der Waals surface area contributed by atoms with Gasteiger partial charge in [-0.25, -0.2) is 4.98 Å². The van der Waals surface area contributed by atoms with Crippen LogP contribution in [0.4, 0.5) is 5.69 Å². The number of carbonyl (C=O) groups is 1. The molecule has 1 aromatic carbocycles. The number of nitro benzene ring substituents is 1. The Bertz CT molecular complexity index is 1240. The van der Waals surface area contributed by atoms with Gasteiger partial charge in [0, 0.05) is 17.5 Å². The van der Waals surface area contributed by atoms with Crippen molar-refractivity contribution < 1.29 is 14.2 Å². The maximum atomic E-state index is 13.6. The van der Waals surface area contributed by atoms with Gasteiger partial charge >= 0.3 is 0 Å². The standard InChI is InChI=1S/C25H27N5O4S/c1-3-19-15-35-25(27-19)22(14-18-9-11-20(12-10-18)30(32)33)28-23(31)21(24-26-16(2)29-34-24)13-17-7-5-4-6-8-17/h5,7-12,15,21-22H,3-4,6,13-14H2,1-2H3,(H,28,31)/t21?,22-/m0/s1. The number of aryl methyl sites for hydroxylation is 2. The number of benzene rings is 1. The highest BCUT2D eigenvalue weighted by atomic mass is 32.1. The van der Waals surface area contributed by atoms with Crippen LogP contribution in [0.1, 0.15) is 66.1 Å². The number of rotatable bonds is 10. The lowest BCUT2D eigenvalue weighted by molar-refractivity contribution is -0.384. The lowest BCUT2D eigenvalue weighted by Gasteiger charge is -2.21. The minimum Gasteiger partial charge on any atom is -0.346 e. The van der Waals surface area contributed by atoms with Crippen molar-refractivity contribution in [3.63, 3.8) is 0 Å². The number of non-ortho nitro benzene ring substituents is 1. The lowest BCUT2D eigenvalue weighted by atomic mass is 9.94. The predicted molar refractivity (Wildman–Crippen MR) is 132 cm³/mol. The fourth-order valence-electron chi connectivity index (χ4n) is 3.91. The molecule has 4 rings (SSSR count). The molecule has 0 bridgehead atoms. The van der Waals surface area contributed by atoms with Gasteiger partial charge in [-0.2, -0.15) is 4.98 Å². The number of hydrogen-bond donors (Lipinski definition) is 1. The quantitative estimate of drug-likeness (QED) is 0.306. The molecule has 1 N–H and O–H groups in total. The first kappa shape index (κ1) is 24.5. The molecule has 0 spiro atoms. The zero-order valence-corrected chi connectivity index (χ0v) is 20.5. The van der Waals surface area contributed by atoms with Crippen LogP contribution in [0.2, 0.25) is 0 Å². The number of amides is 1. The summed E-state index contributed by atoms with van der Waals surface area (Å²) in [6.07, 6.45) is 9.88. The maximum Gasteiger partial charge on any atom is 0.269 e. The summed E-state index contributed by atoms with van der Waals surface area (Å²) in [6, 6.07) is 5.96. The van der Waals surface area contributed by atoms with Gasteiger partial charge in [-0.05, 0) is 44.6 Å². The molecule has 0 aliphatic heterocycles. The highest BCUT2D eigenvalue weighted by Crippen LogP contribution is 2.29. The van der Waals surface area contributed by atoms with Crippen LogP contribution in [0.5, 0.6) is 0 Å². The Kier molecular flexibility index (Phi) is 7.81. The average Bonchev–Trinajstić information content (AvgIpc) is 3.52. The molecule has 2 heterocycles. The zero-order valence-electron chi connectivity index (χ0n) is 19.6. The van der Waals surface area contributed by atoms with Crippen molar-refractivity contribution in [3.05, 3.63) is 91.5 Å². The Morgan fingerprint density at radius 1 is 1.23 bits per heavy atom. The van der Waals surface area contributed by atoms with Crippen molar-refractivity contribution >= 4 is 22.9 Å². The van der Waals surface area contributed by atoms with E-state index in [-0.39, 0.29) is 17.5 Å². The van der Waals surface area contributed by atoms with Crippen LogP contribution in [-0.2, 0) is 17.6 Å². The molecule has 0 saturated heterocycles. The Morgan fingerprint density at radius 2 is 2.03 bits per heavy atom. The second kappa shape index (κ2) is 11.2. The average molecular weight is 494 g/mol. The zero-order chi connectivity index (χ0) is 24.8. The molecule has 182 valence electrons. The van der Waals surface area contributed by atoms with E-state index in [0.717, 1.165) is 41.1 Å². The van der Waals surface area contributed by atoms with Gasteiger partial charge in [0.15, 0.2) is 5.82 Å². The summed E-state index contributed by atoms with van der Waals surface area (Å²) in [7, 11) is 0. The first-order valence-electron chi connectivity index (χ1n) is 11.6. The van der Waals surface area contributed by atoms with Gasteiger partial charge in [0.1, 0.15) is 10.9 Å². The van der Waals surface area contributed by atoms with Gasteiger partial charge in [0.25, 0.3) is 5.69 Å². The topological polar surface area (TPSA) is 124 Å². The third-order valence-corrected chi connectivity index (χ3v) is 6.81. The van der Waals surface area contributed by atoms with E-state index in [1.54, 1.807) is 19.1 Å². The number of nitrogens with zero attached hydrogens (tertiary/aromatic N) is 4. The summed E-state index contributed by atoms with van der Waals surface area (Å²) in [5.41, 5.74) is 2.89. The van der Waals surface area contributed by atoms with E-state index in [4.69, 9.17) is 9.51 Å². The van der Waals surface area contributed by atoms with Crippen molar-refractivity contribution in [3.8, 4) is 0 Å². The summed E-state index contributed by atoms with van der Waals surface area (Å²) in [4.78, 5) is 33.2. The van der Waals surface area contributed by atoms with Crippen molar-refractivity contribution in [1.82, 2.24) is 20.4 Å². The van der Waals surface area contributed by atoms with E-state index in [1.165, 1.54) is 23.5 Å². The van der Waals surface area contributed by atoms with Crippen molar-refractivity contribution in [2.24, 2.45) is 0 Å². The Balaban J connectivity index is 1.59. The molecule has 0 fully saturated rings. The second-order valence-electron chi connectivity index (χ2n) is 8.41. The number of thiazole rings is 1. The van der Waals surface area contributed by atoms with Crippen molar-refractivity contribution in [2.75, 3.05) is 0 Å². The fraction of sp³-hybridized carbons (Fsp3) is 0.360. The van der Waals surface area contributed by atoms with Crippen LogP contribution in [0.15, 0.2) is 58.0 Å². The fourth-order valence-corrected chi connectivity index (χ4v) is 4.86. The molecule has 0 saturated carbocycles. The van der Waals surface area contributed by atoms with Crippen LogP contribution in [-0.4, -0.2) is 26.0 Å². The van der Waals surface area contributed by atoms with E-state index in [2.05, 4.69) is 27.6 Å². The molecule has 9 nitrogen and oxygen atoms in total. The summed E-state index contributed by atoms with van der Waals surface area (Å²) >= 11 is 1.49. The van der Waals surface area contributed by atoms with Gasteiger partial charge in [0.2, 0.25) is 11.8 Å². The summed E-state index contributed by atoms with van der Waals surface area (Å²) in [6.45, 7) is 3.75. The number of allylic oxidation sites excluding steroid dienone is 4. The number of hydrogen-bond acceptors (Lipinski definition) is 8. The van der Waals surface area contributed by atoms with Crippen LogP contribution < -0.4 is 5.32 Å². The number of aromatic nitrogens is 3. The number of nitro groups is 1. The molecule has 35 heavy (non-hydrogen) atoms. The molecule has 2 atom stereocenters. The summed E-state index contributed by atoms with van der Waals surface area (Å²) in [5.74, 6) is -0.118. The first-order valence-corrected chi connectivity index (χ1v) is 12.4. The Hall–Kier alpha value is -3.66. The van der Waals surface area contributed by atoms with E-state index in [1.807, 2.05) is 18.4 Å². The van der Waals surface area contributed by atoms with Gasteiger partial charge in [0.05, 0.1) is 16.7 Å². The number of nitrogens with one attached hydrogen (secondary N) is 1. The minimum atomic E-state index is -0.643. The molecule has 3 aromatic rings. The smallest absolute Gasteiger partial charge is 0.269 e. The third-order valence-electron chi connectivity index (χ3n) is 5.80. The largest absolute Gasteiger partial charge is 0.346 e. The summed E-state index contributed by atoms with van der Waals surface area (Å²) in [5, 5.41) is 20.8. The van der Waals surface area contributed by atoms with Gasteiger partial charge in [-0.3, -0.25) is 14.9 Å². The van der Waals surface area contributed by atoms with Crippen LogP contribution in [0, 0.1) is 17.0 Å². The molecule has 2 aromatic heterocycles. The van der Waals surface area contributed by atoms with Crippen molar-refractivity contribution in [1.29, 1.82) is 0 Å². The van der Waals surface area contributed by atoms with Gasteiger partial charge in [-0.1, -0.05) is 48.0 Å². The molecule has 0 radical (unpaired) electrons. The highest BCUT2D eigenvalue weighted by molar-refractivity contribution is 7.09. The van der Waals surface area contributed by atoms with E-state index in [0.29, 0.717) is 18.7 Å². The molecule has 1 unspecified atom stereocenters. The van der Waals surface area contributed by atoms with Crippen LogP contribution in [0.25, 0.3) is 0 Å². The van der Waals surface area contributed by atoms with Crippen LogP contribution >= 0.6 is 11.3 Å². The number of carbonyl (C=O) groups excluding carboxylic acids is 1. The normalized spacial score (nSPS) is 14.9.